The van der Waals surface area contributed by atoms with Crippen molar-refractivity contribution in [2.45, 2.75) is 33.5 Å². The van der Waals surface area contributed by atoms with Gasteiger partial charge in [-0.05, 0) is 42.7 Å². The monoisotopic (exact) mass is 405 g/mol. The molecule has 0 spiro atoms. The normalized spacial score (nSPS) is 12.8. The topological polar surface area (TPSA) is 72.7 Å². The van der Waals surface area contributed by atoms with Gasteiger partial charge in [-0.15, -0.1) is 0 Å². The van der Waals surface area contributed by atoms with Crippen LogP contribution in [0.1, 0.15) is 29.4 Å². The Morgan fingerprint density at radius 1 is 1.07 bits per heavy atom. The van der Waals surface area contributed by atoms with Gasteiger partial charge in [-0.3, -0.25) is 0 Å². The zero-order valence-electron chi connectivity index (χ0n) is 17.4. The maximum absolute atomic E-state index is 5.45. The van der Waals surface area contributed by atoms with Crippen LogP contribution in [0.2, 0.25) is 0 Å². The first-order valence-corrected chi connectivity index (χ1v) is 10.2. The number of benzene rings is 2. The molecule has 1 aliphatic heterocycles. The van der Waals surface area contributed by atoms with Crippen LogP contribution in [0.3, 0.4) is 0 Å². The van der Waals surface area contributed by atoms with Crippen molar-refractivity contribution >= 4 is 5.96 Å². The third-order valence-electron chi connectivity index (χ3n) is 4.93. The standard InChI is InChI=1S/C23H27N5O2/c1-3-24-23(27-14-19-7-8-21-22(12-19)30-16-29-21)26-13-18-5-4-6-20(11-18)15-28-10-9-25-17(28)2/h4-12H,3,13-16H2,1-2H3,(H2,24,26,27). The number of aryl methyl sites for hydroxylation is 1. The van der Waals surface area contributed by atoms with Crippen molar-refractivity contribution in [3.05, 3.63) is 77.4 Å². The van der Waals surface area contributed by atoms with Crippen LogP contribution in [-0.2, 0) is 19.6 Å². The summed E-state index contributed by atoms with van der Waals surface area (Å²) in [7, 11) is 0. The minimum atomic E-state index is 0.287. The van der Waals surface area contributed by atoms with E-state index in [1.54, 1.807) is 0 Å². The molecule has 0 radical (unpaired) electrons. The van der Waals surface area contributed by atoms with Gasteiger partial charge >= 0.3 is 0 Å². The average molecular weight is 406 g/mol. The minimum absolute atomic E-state index is 0.287. The van der Waals surface area contributed by atoms with Crippen molar-refractivity contribution < 1.29 is 9.47 Å². The second kappa shape index (κ2) is 9.35. The Morgan fingerprint density at radius 3 is 2.77 bits per heavy atom. The molecule has 0 saturated heterocycles. The Morgan fingerprint density at radius 2 is 1.93 bits per heavy atom. The van der Waals surface area contributed by atoms with Gasteiger partial charge in [-0.25, -0.2) is 9.98 Å². The first-order chi connectivity index (χ1) is 14.7. The number of hydrogen-bond donors (Lipinski definition) is 2. The quantitative estimate of drug-likeness (QED) is 0.466. The molecule has 0 saturated carbocycles. The van der Waals surface area contributed by atoms with Gasteiger partial charge < -0.3 is 24.7 Å². The van der Waals surface area contributed by atoms with Crippen molar-refractivity contribution in [2.24, 2.45) is 4.99 Å². The highest BCUT2D eigenvalue weighted by atomic mass is 16.7. The summed E-state index contributed by atoms with van der Waals surface area (Å²) >= 11 is 0. The van der Waals surface area contributed by atoms with Crippen molar-refractivity contribution in [3.8, 4) is 11.5 Å². The molecule has 7 nitrogen and oxygen atoms in total. The van der Waals surface area contributed by atoms with Crippen molar-refractivity contribution in [2.75, 3.05) is 13.3 Å². The van der Waals surface area contributed by atoms with Crippen LogP contribution in [0.5, 0.6) is 11.5 Å². The first kappa shape index (κ1) is 19.8. The highest BCUT2D eigenvalue weighted by molar-refractivity contribution is 5.79. The van der Waals surface area contributed by atoms with E-state index in [1.165, 1.54) is 11.1 Å². The van der Waals surface area contributed by atoms with E-state index in [0.29, 0.717) is 13.1 Å². The molecule has 1 aliphatic rings. The number of ether oxygens (including phenoxy) is 2. The number of nitrogens with zero attached hydrogens (tertiary/aromatic N) is 3. The minimum Gasteiger partial charge on any atom is -0.454 e. The summed E-state index contributed by atoms with van der Waals surface area (Å²) in [5, 5.41) is 6.69. The Kier molecular flexibility index (Phi) is 6.17. The first-order valence-electron chi connectivity index (χ1n) is 10.2. The molecule has 2 aromatic carbocycles. The molecule has 30 heavy (non-hydrogen) atoms. The largest absolute Gasteiger partial charge is 0.454 e. The molecule has 7 heteroatoms. The molecule has 0 amide bonds. The summed E-state index contributed by atoms with van der Waals surface area (Å²) in [4.78, 5) is 9.04. The molecule has 0 fully saturated rings. The van der Waals surface area contributed by atoms with Gasteiger partial charge in [-0.2, -0.15) is 0 Å². The number of guanidine groups is 1. The Hall–Kier alpha value is -3.48. The van der Waals surface area contributed by atoms with Crippen molar-refractivity contribution in [3.63, 3.8) is 0 Å². The lowest BCUT2D eigenvalue weighted by atomic mass is 10.1. The third-order valence-corrected chi connectivity index (χ3v) is 4.93. The summed E-state index contributed by atoms with van der Waals surface area (Å²) < 4.78 is 13.0. The van der Waals surface area contributed by atoms with E-state index in [0.717, 1.165) is 41.9 Å². The molecule has 2 heterocycles. The number of hydrogen-bond acceptors (Lipinski definition) is 4. The molecule has 0 aliphatic carbocycles. The van der Waals surface area contributed by atoms with Gasteiger partial charge in [0.2, 0.25) is 6.79 Å². The summed E-state index contributed by atoms with van der Waals surface area (Å²) in [6.45, 7) is 7.23. The zero-order valence-corrected chi connectivity index (χ0v) is 17.4. The molecule has 3 aromatic rings. The Labute approximate surface area is 176 Å². The second-order valence-electron chi connectivity index (χ2n) is 7.16. The summed E-state index contributed by atoms with van der Waals surface area (Å²) in [6.07, 6.45) is 3.83. The molecule has 2 N–H and O–H groups in total. The number of nitrogens with one attached hydrogen (secondary N) is 2. The molecule has 4 rings (SSSR count). The molecule has 0 atom stereocenters. The van der Waals surface area contributed by atoms with Crippen LogP contribution < -0.4 is 20.1 Å². The number of rotatable bonds is 7. The lowest BCUT2D eigenvalue weighted by Gasteiger charge is -2.12. The summed E-state index contributed by atoms with van der Waals surface area (Å²) in [5.74, 6) is 3.39. The zero-order chi connectivity index (χ0) is 20.8. The van der Waals surface area contributed by atoms with Gasteiger partial charge in [0, 0.05) is 32.0 Å². The fraction of sp³-hybridized carbons (Fsp3) is 0.304. The van der Waals surface area contributed by atoms with Crippen LogP contribution in [0.25, 0.3) is 0 Å². The maximum Gasteiger partial charge on any atom is 0.231 e. The van der Waals surface area contributed by atoms with E-state index >= 15 is 0 Å². The molecule has 1 aromatic heterocycles. The fourth-order valence-electron chi connectivity index (χ4n) is 3.34. The lowest BCUT2D eigenvalue weighted by Crippen LogP contribution is -2.36. The number of aromatic nitrogens is 2. The second-order valence-corrected chi connectivity index (χ2v) is 7.16. The number of imidazole rings is 1. The molecule has 156 valence electrons. The van der Waals surface area contributed by atoms with Crippen LogP contribution in [0.15, 0.2) is 59.9 Å². The number of fused-ring (bicyclic) bond motifs is 1. The highest BCUT2D eigenvalue weighted by Crippen LogP contribution is 2.32. The SMILES string of the molecule is CCNC(=NCc1cccc(Cn2ccnc2C)c1)NCc1ccc2c(c1)OCO2. The number of aliphatic imine (C=N–C) groups is 1. The average Bonchev–Trinajstić information content (AvgIpc) is 3.39. The van der Waals surface area contributed by atoms with Gasteiger partial charge in [0.05, 0.1) is 6.54 Å². The highest BCUT2D eigenvalue weighted by Gasteiger charge is 2.13. The predicted molar refractivity (Wildman–Crippen MR) is 117 cm³/mol. The molecular weight excluding hydrogens is 378 g/mol. The van der Waals surface area contributed by atoms with Gasteiger partial charge in [0.25, 0.3) is 0 Å². The summed E-state index contributed by atoms with van der Waals surface area (Å²) in [6, 6.07) is 14.5. The molecule has 0 unspecified atom stereocenters. The summed E-state index contributed by atoms with van der Waals surface area (Å²) in [5.41, 5.74) is 3.52. The van der Waals surface area contributed by atoms with Gasteiger partial charge in [-0.1, -0.05) is 30.3 Å². The maximum atomic E-state index is 5.45. The molecule has 0 bridgehead atoms. The van der Waals surface area contributed by atoms with Gasteiger partial charge in [0.1, 0.15) is 5.82 Å². The third kappa shape index (κ3) is 4.92. The van der Waals surface area contributed by atoms with Crippen LogP contribution in [-0.4, -0.2) is 28.8 Å². The van der Waals surface area contributed by atoms with Crippen LogP contribution in [0.4, 0.5) is 0 Å². The fourth-order valence-corrected chi connectivity index (χ4v) is 3.34. The smallest absolute Gasteiger partial charge is 0.231 e. The van der Waals surface area contributed by atoms with E-state index < -0.39 is 0 Å². The Bertz CT molecular complexity index is 1030. The van der Waals surface area contributed by atoms with Crippen LogP contribution >= 0.6 is 0 Å². The van der Waals surface area contributed by atoms with E-state index in [9.17, 15) is 0 Å². The van der Waals surface area contributed by atoms with E-state index in [-0.39, 0.29) is 6.79 Å². The van der Waals surface area contributed by atoms with E-state index in [4.69, 9.17) is 14.5 Å². The predicted octanol–water partition coefficient (Wildman–Crippen LogP) is 3.22. The lowest BCUT2D eigenvalue weighted by molar-refractivity contribution is 0.174. The van der Waals surface area contributed by atoms with Gasteiger partial charge in [0.15, 0.2) is 17.5 Å². The van der Waals surface area contributed by atoms with Crippen LogP contribution in [0, 0.1) is 6.92 Å². The Balaban J connectivity index is 1.38. The van der Waals surface area contributed by atoms with E-state index in [1.807, 2.05) is 37.5 Å². The van der Waals surface area contributed by atoms with E-state index in [2.05, 4.69) is 51.4 Å². The molecular formula is C23H27N5O2. The van der Waals surface area contributed by atoms with Crippen molar-refractivity contribution in [1.82, 2.24) is 20.2 Å². The van der Waals surface area contributed by atoms with Crippen molar-refractivity contribution in [1.29, 1.82) is 0 Å².